The highest BCUT2D eigenvalue weighted by molar-refractivity contribution is 7.90. The second-order valence-electron chi connectivity index (χ2n) is 4.36. The second kappa shape index (κ2) is 5.46. The Morgan fingerprint density at radius 3 is 2.31 bits per heavy atom. The monoisotopic (exact) mass is 241 g/mol. The van der Waals surface area contributed by atoms with Crippen molar-refractivity contribution in [2.45, 2.75) is 26.4 Å². The summed E-state index contributed by atoms with van der Waals surface area (Å²) in [5.74, 6) is 0.179. The normalized spacial score (nSPS) is 13.7. The Balaban J connectivity index is 2.43. The first-order chi connectivity index (χ1) is 7.37. The Bertz CT molecular complexity index is 423. The van der Waals surface area contributed by atoms with E-state index in [-0.39, 0.29) is 11.8 Å². The van der Waals surface area contributed by atoms with Gasteiger partial charge in [0.1, 0.15) is 9.84 Å². The average Bonchev–Trinajstić information content (AvgIpc) is 2.14. The van der Waals surface area contributed by atoms with E-state index in [2.05, 4.69) is 29.6 Å². The lowest BCUT2D eigenvalue weighted by Crippen LogP contribution is -2.32. The molecule has 0 fully saturated rings. The number of sulfone groups is 1. The molecule has 0 aromatic heterocycles. The van der Waals surface area contributed by atoms with Gasteiger partial charge >= 0.3 is 0 Å². The van der Waals surface area contributed by atoms with Crippen LogP contribution in [-0.4, -0.2) is 26.5 Å². The van der Waals surface area contributed by atoms with Crippen LogP contribution >= 0.6 is 0 Å². The maximum Gasteiger partial charge on any atom is 0.148 e. The molecule has 0 saturated carbocycles. The highest BCUT2D eigenvalue weighted by Crippen LogP contribution is 2.03. The molecule has 1 aromatic carbocycles. The molecule has 1 aromatic rings. The quantitative estimate of drug-likeness (QED) is 0.850. The number of benzene rings is 1. The Labute approximate surface area is 97.8 Å². The molecule has 0 bridgehead atoms. The van der Waals surface area contributed by atoms with Crippen LogP contribution in [0.2, 0.25) is 0 Å². The van der Waals surface area contributed by atoms with E-state index in [4.69, 9.17) is 0 Å². The van der Waals surface area contributed by atoms with Crippen LogP contribution in [0.5, 0.6) is 0 Å². The van der Waals surface area contributed by atoms with Gasteiger partial charge in [0, 0.05) is 18.8 Å². The zero-order valence-electron chi connectivity index (χ0n) is 10.0. The molecule has 0 aliphatic carbocycles. The van der Waals surface area contributed by atoms with Gasteiger partial charge in [-0.25, -0.2) is 8.42 Å². The lowest BCUT2D eigenvalue weighted by Gasteiger charge is -2.12. The van der Waals surface area contributed by atoms with Crippen LogP contribution in [0.1, 0.15) is 18.1 Å². The number of hydrogen-bond acceptors (Lipinski definition) is 3. The van der Waals surface area contributed by atoms with Crippen LogP contribution in [0.4, 0.5) is 0 Å². The smallest absolute Gasteiger partial charge is 0.148 e. The summed E-state index contributed by atoms with van der Waals surface area (Å²) in [4.78, 5) is 0. The van der Waals surface area contributed by atoms with Crippen molar-refractivity contribution in [3.05, 3.63) is 35.4 Å². The van der Waals surface area contributed by atoms with E-state index in [1.54, 1.807) is 0 Å². The van der Waals surface area contributed by atoms with Gasteiger partial charge in [0.25, 0.3) is 0 Å². The van der Waals surface area contributed by atoms with Gasteiger partial charge in [-0.3, -0.25) is 0 Å². The summed E-state index contributed by atoms with van der Waals surface area (Å²) in [5, 5.41) is 3.20. The molecule has 1 rings (SSSR count). The summed E-state index contributed by atoms with van der Waals surface area (Å²) < 4.78 is 22.1. The topological polar surface area (TPSA) is 46.2 Å². The van der Waals surface area contributed by atoms with Crippen molar-refractivity contribution >= 4 is 9.84 Å². The molecular formula is C12H19NO2S. The molecule has 1 unspecified atom stereocenters. The second-order valence-corrected chi connectivity index (χ2v) is 6.54. The predicted molar refractivity (Wildman–Crippen MR) is 67.2 cm³/mol. The summed E-state index contributed by atoms with van der Waals surface area (Å²) in [7, 11) is -2.90. The van der Waals surface area contributed by atoms with Gasteiger partial charge in [-0.15, -0.1) is 0 Å². The molecule has 0 spiro atoms. The lowest BCUT2D eigenvalue weighted by molar-refractivity contribution is 0.560. The molecule has 0 amide bonds. The van der Waals surface area contributed by atoms with Crippen molar-refractivity contribution in [3.63, 3.8) is 0 Å². The van der Waals surface area contributed by atoms with Gasteiger partial charge < -0.3 is 5.32 Å². The highest BCUT2D eigenvalue weighted by Gasteiger charge is 2.09. The van der Waals surface area contributed by atoms with E-state index in [1.807, 2.05) is 13.8 Å². The third kappa shape index (κ3) is 5.28. The molecular weight excluding hydrogens is 222 g/mol. The molecule has 0 heterocycles. The van der Waals surface area contributed by atoms with Crippen LogP contribution in [-0.2, 0) is 16.4 Å². The number of rotatable bonds is 5. The first-order valence-corrected chi connectivity index (χ1v) is 7.39. The molecule has 0 radical (unpaired) electrons. The van der Waals surface area contributed by atoms with E-state index >= 15 is 0 Å². The van der Waals surface area contributed by atoms with Crippen LogP contribution in [0.15, 0.2) is 24.3 Å². The Morgan fingerprint density at radius 2 is 1.81 bits per heavy atom. The van der Waals surface area contributed by atoms with Crippen LogP contribution < -0.4 is 5.32 Å². The third-order valence-corrected chi connectivity index (χ3v) is 3.43. The number of aryl methyl sites for hydroxylation is 1. The summed E-state index contributed by atoms with van der Waals surface area (Å²) >= 11 is 0. The van der Waals surface area contributed by atoms with Gasteiger partial charge in [0.15, 0.2) is 0 Å². The van der Waals surface area contributed by atoms with E-state index in [1.165, 1.54) is 17.4 Å². The fourth-order valence-corrected chi connectivity index (χ4v) is 2.54. The predicted octanol–water partition coefficient (Wildman–Crippen LogP) is 1.52. The van der Waals surface area contributed by atoms with Crippen molar-refractivity contribution in [3.8, 4) is 0 Å². The minimum Gasteiger partial charge on any atom is -0.309 e. The standard InChI is InChI=1S/C12H19NO2S/c1-10-4-6-12(7-5-10)8-13-11(2)9-16(3,14)15/h4-7,11,13H,8-9H2,1-3H3. The number of nitrogens with one attached hydrogen (secondary N) is 1. The van der Waals surface area contributed by atoms with Gasteiger partial charge in [-0.2, -0.15) is 0 Å². The zero-order valence-corrected chi connectivity index (χ0v) is 10.8. The summed E-state index contributed by atoms with van der Waals surface area (Å²) in [6.45, 7) is 4.63. The largest absolute Gasteiger partial charge is 0.309 e. The molecule has 90 valence electrons. The SMILES string of the molecule is Cc1ccc(CNC(C)CS(C)(=O)=O)cc1. The van der Waals surface area contributed by atoms with Crippen molar-refractivity contribution in [1.29, 1.82) is 0 Å². The zero-order chi connectivity index (χ0) is 12.2. The highest BCUT2D eigenvalue weighted by atomic mass is 32.2. The number of hydrogen-bond donors (Lipinski definition) is 1. The molecule has 4 heteroatoms. The lowest BCUT2D eigenvalue weighted by atomic mass is 10.1. The van der Waals surface area contributed by atoms with Crippen molar-refractivity contribution < 1.29 is 8.42 Å². The summed E-state index contributed by atoms with van der Waals surface area (Å²) in [6.07, 6.45) is 1.26. The minimum absolute atomic E-state index is 0.0173. The average molecular weight is 241 g/mol. The van der Waals surface area contributed by atoms with E-state index in [0.29, 0.717) is 6.54 Å². The van der Waals surface area contributed by atoms with Gasteiger partial charge in [-0.1, -0.05) is 29.8 Å². The maximum absolute atomic E-state index is 11.1. The molecule has 0 saturated heterocycles. The van der Waals surface area contributed by atoms with E-state index < -0.39 is 9.84 Å². The van der Waals surface area contributed by atoms with Gasteiger partial charge in [0.2, 0.25) is 0 Å². The first-order valence-electron chi connectivity index (χ1n) is 5.33. The molecule has 1 atom stereocenters. The van der Waals surface area contributed by atoms with Crippen LogP contribution in [0.3, 0.4) is 0 Å². The molecule has 16 heavy (non-hydrogen) atoms. The summed E-state index contributed by atoms with van der Waals surface area (Å²) in [5.41, 5.74) is 2.40. The maximum atomic E-state index is 11.1. The molecule has 0 aliphatic heterocycles. The Kier molecular flexibility index (Phi) is 4.50. The molecule has 0 aliphatic rings. The fraction of sp³-hybridized carbons (Fsp3) is 0.500. The van der Waals surface area contributed by atoms with Crippen molar-refractivity contribution in [2.75, 3.05) is 12.0 Å². The van der Waals surface area contributed by atoms with Gasteiger partial charge in [-0.05, 0) is 19.4 Å². The Hall–Kier alpha value is -0.870. The molecule has 3 nitrogen and oxygen atoms in total. The third-order valence-electron chi connectivity index (χ3n) is 2.33. The Morgan fingerprint density at radius 1 is 1.25 bits per heavy atom. The first kappa shape index (κ1) is 13.2. The van der Waals surface area contributed by atoms with E-state index in [9.17, 15) is 8.42 Å². The van der Waals surface area contributed by atoms with Crippen molar-refractivity contribution in [1.82, 2.24) is 5.32 Å². The molecule has 1 N–H and O–H groups in total. The summed E-state index contributed by atoms with van der Waals surface area (Å²) in [6, 6.07) is 8.19. The van der Waals surface area contributed by atoms with Crippen molar-refractivity contribution in [2.24, 2.45) is 0 Å². The van der Waals surface area contributed by atoms with Gasteiger partial charge in [0.05, 0.1) is 5.75 Å². The fourth-order valence-electron chi connectivity index (χ4n) is 1.51. The van der Waals surface area contributed by atoms with E-state index in [0.717, 1.165) is 0 Å². The minimum atomic E-state index is -2.90. The van der Waals surface area contributed by atoms with Crippen LogP contribution in [0.25, 0.3) is 0 Å². The van der Waals surface area contributed by atoms with Crippen LogP contribution in [0, 0.1) is 6.92 Å².